The number of carbonyl (C=O) groups excluding carboxylic acids is 2. The normalized spacial score (nSPS) is 14.7. The molecule has 6 heteroatoms. The number of rotatable bonds is 5. The van der Waals surface area contributed by atoms with Gasteiger partial charge in [0.2, 0.25) is 5.91 Å². The maximum Gasteiger partial charge on any atom is 0.274 e. The van der Waals surface area contributed by atoms with Crippen molar-refractivity contribution in [3.05, 3.63) is 17.0 Å². The largest absolute Gasteiger partial charge is 0.368 e. The Bertz CT molecular complexity index is 518. The van der Waals surface area contributed by atoms with Gasteiger partial charge in [-0.1, -0.05) is 19.0 Å². The molecule has 0 atom stereocenters. The van der Waals surface area contributed by atoms with Crippen molar-refractivity contribution in [3.63, 3.8) is 0 Å². The molecule has 0 radical (unpaired) electrons. The van der Waals surface area contributed by atoms with Crippen LogP contribution in [0.3, 0.4) is 0 Å². The van der Waals surface area contributed by atoms with Crippen molar-refractivity contribution < 1.29 is 14.1 Å². The second kappa shape index (κ2) is 5.64. The fourth-order valence-corrected chi connectivity index (χ4v) is 2.68. The van der Waals surface area contributed by atoms with Gasteiger partial charge in [0.25, 0.3) is 5.91 Å². The first-order valence-corrected chi connectivity index (χ1v) is 7.14. The minimum Gasteiger partial charge on any atom is -0.368 e. The van der Waals surface area contributed by atoms with Crippen LogP contribution < -0.4 is 11.1 Å². The zero-order valence-corrected chi connectivity index (χ0v) is 12.0. The molecule has 1 aromatic heterocycles. The minimum absolute atomic E-state index is 0.298. The number of carbonyl (C=O) groups is 2. The van der Waals surface area contributed by atoms with Gasteiger partial charge in [-0.05, 0) is 32.1 Å². The van der Waals surface area contributed by atoms with Gasteiger partial charge in [-0.15, -0.1) is 0 Å². The van der Waals surface area contributed by atoms with Crippen LogP contribution in [0.25, 0.3) is 0 Å². The van der Waals surface area contributed by atoms with Gasteiger partial charge in [0.15, 0.2) is 5.69 Å². The Balaban J connectivity index is 2.23. The lowest BCUT2D eigenvalue weighted by molar-refractivity contribution is -0.124. The van der Waals surface area contributed by atoms with E-state index in [0.29, 0.717) is 18.5 Å². The average molecular weight is 279 g/mol. The molecule has 2 amide bonds. The molecular formula is C14H21N3O3. The van der Waals surface area contributed by atoms with Gasteiger partial charge in [0, 0.05) is 12.0 Å². The molecule has 0 saturated heterocycles. The van der Waals surface area contributed by atoms with Crippen molar-refractivity contribution in [1.82, 2.24) is 10.5 Å². The lowest BCUT2D eigenvalue weighted by atomic mass is 9.91. The van der Waals surface area contributed by atoms with Gasteiger partial charge in [0.05, 0.1) is 0 Å². The van der Waals surface area contributed by atoms with Crippen LogP contribution >= 0.6 is 0 Å². The Hall–Kier alpha value is -1.85. The number of aromatic nitrogens is 1. The highest BCUT2D eigenvalue weighted by molar-refractivity contribution is 5.98. The standard InChI is InChI=1S/C14H21N3O3/c1-3-14(4-2,13(15)19)16-12(18)11-9-7-5-6-8-10(9)20-17-11/h3-8H2,1-2H3,(H2,15,19)(H,16,18). The summed E-state index contributed by atoms with van der Waals surface area (Å²) in [6.07, 6.45) is 4.59. The molecule has 1 heterocycles. The Morgan fingerprint density at radius 3 is 2.55 bits per heavy atom. The first kappa shape index (κ1) is 14.6. The highest BCUT2D eigenvalue weighted by Crippen LogP contribution is 2.25. The quantitative estimate of drug-likeness (QED) is 0.849. The summed E-state index contributed by atoms with van der Waals surface area (Å²) in [6, 6.07) is 0. The van der Waals surface area contributed by atoms with Crippen LogP contribution in [0.5, 0.6) is 0 Å². The van der Waals surface area contributed by atoms with E-state index >= 15 is 0 Å². The fourth-order valence-electron chi connectivity index (χ4n) is 2.68. The number of primary amides is 1. The molecule has 1 aliphatic carbocycles. The summed E-state index contributed by atoms with van der Waals surface area (Å²) in [5.74, 6) is -0.105. The lowest BCUT2D eigenvalue weighted by Gasteiger charge is -2.29. The molecule has 3 N–H and O–H groups in total. The zero-order chi connectivity index (χ0) is 14.8. The van der Waals surface area contributed by atoms with Crippen molar-refractivity contribution in [2.24, 2.45) is 5.73 Å². The number of nitrogens with two attached hydrogens (primary N) is 1. The average Bonchev–Trinajstić information content (AvgIpc) is 2.88. The van der Waals surface area contributed by atoms with E-state index in [9.17, 15) is 9.59 Å². The van der Waals surface area contributed by atoms with Crippen LogP contribution in [0, 0.1) is 0 Å². The van der Waals surface area contributed by atoms with E-state index in [0.717, 1.165) is 37.0 Å². The van der Waals surface area contributed by atoms with Crippen LogP contribution in [-0.4, -0.2) is 22.5 Å². The van der Waals surface area contributed by atoms with E-state index in [2.05, 4.69) is 10.5 Å². The molecule has 1 aliphatic rings. The number of aryl methyl sites for hydroxylation is 1. The van der Waals surface area contributed by atoms with Gasteiger partial charge in [-0.3, -0.25) is 9.59 Å². The molecule has 0 fully saturated rings. The summed E-state index contributed by atoms with van der Waals surface area (Å²) in [6.45, 7) is 3.65. The third-order valence-corrected chi connectivity index (χ3v) is 4.20. The first-order chi connectivity index (χ1) is 9.54. The molecule has 110 valence electrons. The van der Waals surface area contributed by atoms with Crippen LogP contribution in [0.4, 0.5) is 0 Å². The van der Waals surface area contributed by atoms with Crippen molar-refractivity contribution in [2.45, 2.75) is 57.9 Å². The molecule has 0 spiro atoms. The molecule has 0 bridgehead atoms. The van der Waals surface area contributed by atoms with Crippen molar-refractivity contribution >= 4 is 11.8 Å². The number of amides is 2. The third-order valence-electron chi connectivity index (χ3n) is 4.20. The summed E-state index contributed by atoms with van der Waals surface area (Å²) in [7, 11) is 0. The molecule has 0 saturated carbocycles. The monoisotopic (exact) mass is 279 g/mol. The summed E-state index contributed by atoms with van der Waals surface area (Å²) in [5.41, 5.74) is 5.59. The number of nitrogens with zero attached hydrogens (tertiary/aromatic N) is 1. The molecule has 6 nitrogen and oxygen atoms in total. The Morgan fingerprint density at radius 2 is 1.95 bits per heavy atom. The van der Waals surface area contributed by atoms with E-state index in [-0.39, 0.29) is 5.91 Å². The number of nitrogens with one attached hydrogen (secondary N) is 1. The second-order valence-corrected chi connectivity index (χ2v) is 5.25. The van der Waals surface area contributed by atoms with Gasteiger partial charge >= 0.3 is 0 Å². The lowest BCUT2D eigenvalue weighted by Crippen LogP contribution is -2.56. The van der Waals surface area contributed by atoms with Crippen molar-refractivity contribution in [1.29, 1.82) is 0 Å². The number of fused-ring (bicyclic) bond motifs is 1. The molecule has 0 aliphatic heterocycles. The topological polar surface area (TPSA) is 98.2 Å². The SMILES string of the molecule is CCC(CC)(NC(=O)c1noc2c1CCCC2)C(N)=O. The molecule has 0 unspecified atom stereocenters. The molecule has 20 heavy (non-hydrogen) atoms. The van der Waals surface area contributed by atoms with Crippen molar-refractivity contribution in [2.75, 3.05) is 0 Å². The highest BCUT2D eigenvalue weighted by Gasteiger charge is 2.36. The van der Waals surface area contributed by atoms with E-state index in [1.807, 2.05) is 13.8 Å². The molecule has 2 rings (SSSR count). The maximum atomic E-state index is 12.4. The van der Waals surface area contributed by atoms with Crippen LogP contribution in [0.15, 0.2) is 4.52 Å². The summed E-state index contributed by atoms with van der Waals surface area (Å²) >= 11 is 0. The predicted molar refractivity (Wildman–Crippen MR) is 73.1 cm³/mol. The highest BCUT2D eigenvalue weighted by atomic mass is 16.5. The van der Waals surface area contributed by atoms with E-state index in [4.69, 9.17) is 10.3 Å². The van der Waals surface area contributed by atoms with Crippen molar-refractivity contribution in [3.8, 4) is 0 Å². The van der Waals surface area contributed by atoms with Gasteiger partial charge < -0.3 is 15.6 Å². The number of hydrogen-bond acceptors (Lipinski definition) is 4. The Kier molecular flexibility index (Phi) is 4.11. The van der Waals surface area contributed by atoms with E-state index in [1.165, 1.54) is 0 Å². The van der Waals surface area contributed by atoms with E-state index in [1.54, 1.807) is 0 Å². The molecule has 0 aromatic carbocycles. The zero-order valence-electron chi connectivity index (χ0n) is 12.0. The summed E-state index contributed by atoms with van der Waals surface area (Å²) in [4.78, 5) is 24.0. The molecular weight excluding hydrogens is 258 g/mol. The van der Waals surface area contributed by atoms with Crippen LogP contribution in [0.1, 0.15) is 61.3 Å². The summed E-state index contributed by atoms with van der Waals surface area (Å²) < 4.78 is 5.22. The smallest absolute Gasteiger partial charge is 0.274 e. The second-order valence-electron chi connectivity index (χ2n) is 5.25. The first-order valence-electron chi connectivity index (χ1n) is 7.14. The molecule has 1 aromatic rings. The van der Waals surface area contributed by atoms with Gasteiger partial charge in [0.1, 0.15) is 11.3 Å². The Labute approximate surface area is 118 Å². The van der Waals surface area contributed by atoms with Gasteiger partial charge in [-0.2, -0.15) is 0 Å². The minimum atomic E-state index is -1.02. The predicted octanol–water partition coefficient (Wildman–Crippen LogP) is 1.33. The van der Waals surface area contributed by atoms with Gasteiger partial charge in [-0.25, -0.2) is 0 Å². The maximum absolute atomic E-state index is 12.4. The van der Waals surface area contributed by atoms with E-state index < -0.39 is 11.4 Å². The number of hydrogen-bond donors (Lipinski definition) is 2. The van der Waals surface area contributed by atoms with Crippen LogP contribution in [0.2, 0.25) is 0 Å². The third kappa shape index (κ3) is 2.42. The summed E-state index contributed by atoms with van der Waals surface area (Å²) in [5, 5.41) is 6.62. The fraction of sp³-hybridized carbons (Fsp3) is 0.643. The Morgan fingerprint density at radius 1 is 1.30 bits per heavy atom. The van der Waals surface area contributed by atoms with Crippen LogP contribution in [-0.2, 0) is 17.6 Å².